The molecule has 2 aromatic rings. The lowest BCUT2D eigenvalue weighted by molar-refractivity contribution is 0.1000. The van der Waals surface area contributed by atoms with Crippen molar-refractivity contribution in [1.29, 1.82) is 0 Å². The van der Waals surface area contributed by atoms with Gasteiger partial charge >= 0.3 is 0 Å². The van der Waals surface area contributed by atoms with Crippen LogP contribution in [0.1, 0.15) is 55.1 Å². The number of hydrogen-bond acceptors (Lipinski definition) is 2. The molecule has 0 saturated carbocycles. The number of carbonyl (C=O) groups excluding carboxylic acids is 1. The molecule has 4 heteroatoms. The van der Waals surface area contributed by atoms with Crippen molar-refractivity contribution in [3.8, 4) is 0 Å². The van der Waals surface area contributed by atoms with Gasteiger partial charge in [0.15, 0.2) is 0 Å². The molecule has 0 aliphatic rings. The van der Waals surface area contributed by atoms with E-state index in [-0.39, 0.29) is 0 Å². The second-order valence-corrected chi connectivity index (χ2v) is 4.61. The first-order valence-electron chi connectivity index (χ1n) is 6.44. The molecule has 0 saturated heterocycles. The molecule has 0 bridgehead atoms. The highest BCUT2D eigenvalue weighted by Gasteiger charge is 2.13. The molecule has 1 amide bonds. The van der Waals surface area contributed by atoms with Gasteiger partial charge in [0.2, 0.25) is 5.91 Å². The third-order valence-electron chi connectivity index (χ3n) is 3.30. The highest BCUT2D eigenvalue weighted by molar-refractivity contribution is 5.92. The van der Waals surface area contributed by atoms with Crippen LogP contribution < -0.4 is 5.73 Å². The lowest BCUT2D eigenvalue weighted by atomic mass is 9.98. The molecular formula is C14H19N3O. The lowest BCUT2D eigenvalue weighted by Gasteiger charge is -2.09. The summed E-state index contributed by atoms with van der Waals surface area (Å²) in [6.07, 6.45) is 7.13. The Hall–Kier alpha value is -1.84. The Kier molecular flexibility index (Phi) is 3.65. The van der Waals surface area contributed by atoms with Crippen molar-refractivity contribution in [3.05, 3.63) is 35.8 Å². The molecule has 0 fully saturated rings. The summed E-state index contributed by atoms with van der Waals surface area (Å²) in [7, 11) is 0. The molecule has 18 heavy (non-hydrogen) atoms. The highest BCUT2D eigenvalue weighted by atomic mass is 16.1. The summed E-state index contributed by atoms with van der Waals surface area (Å²) in [4.78, 5) is 15.7. The fourth-order valence-corrected chi connectivity index (χ4v) is 2.26. The van der Waals surface area contributed by atoms with Crippen LogP contribution in [-0.2, 0) is 0 Å². The summed E-state index contributed by atoms with van der Waals surface area (Å²) in [5.74, 6) is 0.0830. The van der Waals surface area contributed by atoms with Gasteiger partial charge in [-0.2, -0.15) is 0 Å². The summed E-state index contributed by atoms with van der Waals surface area (Å²) >= 11 is 0. The lowest BCUT2D eigenvalue weighted by Crippen LogP contribution is -2.11. The average molecular weight is 245 g/mol. The van der Waals surface area contributed by atoms with Crippen LogP contribution in [0.5, 0.6) is 0 Å². The van der Waals surface area contributed by atoms with Crippen LogP contribution in [0.15, 0.2) is 24.5 Å². The van der Waals surface area contributed by atoms with E-state index < -0.39 is 5.91 Å². The van der Waals surface area contributed by atoms with E-state index in [1.165, 1.54) is 0 Å². The Morgan fingerprint density at radius 3 is 2.78 bits per heavy atom. The zero-order chi connectivity index (χ0) is 13.1. The molecule has 0 spiro atoms. The first kappa shape index (κ1) is 12.6. The number of primary amides is 1. The minimum absolute atomic E-state index is 0.409. The van der Waals surface area contributed by atoms with E-state index in [4.69, 9.17) is 5.73 Å². The zero-order valence-corrected chi connectivity index (χ0v) is 10.9. The van der Waals surface area contributed by atoms with Crippen molar-refractivity contribution >= 4 is 11.6 Å². The average Bonchev–Trinajstić information content (AvgIpc) is 2.78. The minimum atomic E-state index is -0.409. The molecular weight excluding hydrogens is 226 g/mol. The number of carbonyl (C=O) groups is 1. The number of rotatable bonds is 5. The van der Waals surface area contributed by atoms with Crippen LogP contribution in [-0.4, -0.2) is 15.3 Å². The van der Waals surface area contributed by atoms with Gasteiger partial charge in [0.25, 0.3) is 0 Å². The summed E-state index contributed by atoms with van der Waals surface area (Å²) < 4.78 is 1.88. The molecule has 0 aliphatic heterocycles. The summed E-state index contributed by atoms with van der Waals surface area (Å²) in [5.41, 5.74) is 7.75. The Labute approximate surface area is 107 Å². The number of imidazole rings is 1. The summed E-state index contributed by atoms with van der Waals surface area (Å²) in [5, 5.41) is 0. The van der Waals surface area contributed by atoms with Crippen LogP contribution in [0, 0.1) is 0 Å². The number of aromatic nitrogens is 2. The highest BCUT2D eigenvalue weighted by Crippen LogP contribution is 2.24. The number of fused-ring (bicyclic) bond motifs is 1. The molecule has 2 rings (SSSR count). The molecule has 2 aromatic heterocycles. The topological polar surface area (TPSA) is 60.4 Å². The van der Waals surface area contributed by atoms with Crippen molar-refractivity contribution in [1.82, 2.24) is 9.38 Å². The van der Waals surface area contributed by atoms with Crippen LogP contribution in [0.3, 0.4) is 0 Å². The van der Waals surface area contributed by atoms with Gasteiger partial charge in [-0.25, -0.2) is 4.98 Å². The van der Waals surface area contributed by atoms with E-state index in [9.17, 15) is 4.79 Å². The van der Waals surface area contributed by atoms with Crippen molar-refractivity contribution in [2.75, 3.05) is 0 Å². The fraction of sp³-hybridized carbons (Fsp3) is 0.429. The van der Waals surface area contributed by atoms with Crippen LogP contribution in [0.4, 0.5) is 0 Å². The molecule has 2 N–H and O–H groups in total. The van der Waals surface area contributed by atoms with Gasteiger partial charge in [0.1, 0.15) is 5.65 Å². The zero-order valence-electron chi connectivity index (χ0n) is 10.9. The second kappa shape index (κ2) is 5.21. The van der Waals surface area contributed by atoms with Crippen molar-refractivity contribution in [2.45, 2.75) is 39.0 Å². The third kappa shape index (κ3) is 2.37. The Morgan fingerprint density at radius 2 is 2.17 bits per heavy atom. The number of nitrogens with two attached hydrogens (primary N) is 1. The van der Waals surface area contributed by atoms with Crippen LogP contribution in [0.25, 0.3) is 5.65 Å². The first-order valence-corrected chi connectivity index (χ1v) is 6.44. The van der Waals surface area contributed by atoms with E-state index in [1.807, 2.05) is 16.7 Å². The van der Waals surface area contributed by atoms with Gasteiger partial charge < -0.3 is 10.1 Å². The molecule has 0 aliphatic carbocycles. The van der Waals surface area contributed by atoms with Gasteiger partial charge in [-0.3, -0.25) is 4.79 Å². The van der Waals surface area contributed by atoms with Gasteiger partial charge in [-0.05, 0) is 25.0 Å². The number of amides is 1. The SMILES string of the molecule is CCCC(CC)c1cn2cc(C(N)=O)ccc2n1. The monoisotopic (exact) mass is 245 g/mol. The normalized spacial score (nSPS) is 12.8. The molecule has 1 unspecified atom stereocenters. The number of nitrogens with zero attached hydrogens (tertiary/aromatic N) is 2. The van der Waals surface area contributed by atoms with E-state index in [0.717, 1.165) is 30.6 Å². The first-order chi connectivity index (χ1) is 8.65. The predicted octanol–water partition coefficient (Wildman–Crippen LogP) is 2.73. The smallest absolute Gasteiger partial charge is 0.250 e. The van der Waals surface area contributed by atoms with Crippen molar-refractivity contribution in [2.24, 2.45) is 5.73 Å². The quantitative estimate of drug-likeness (QED) is 0.880. The van der Waals surface area contributed by atoms with Crippen LogP contribution in [0.2, 0.25) is 0 Å². The predicted molar refractivity (Wildman–Crippen MR) is 71.6 cm³/mol. The largest absolute Gasteiger partial charge is 0.366 e. The number of pyridine rings is 1. The van der Waals surface area contributed by atoms with Gasteiger partial charge in [-0.15, -0.1) is 0 Å². The summed E-state index contributed by atoms with van der Waals surface area (Å²) in [6, 6.07) is 3.55. The van der Waals surface area contributed by atoms with Gasteiger partial charge in [0.05, 0.1) is 11.3 Å². The van der Waals surface area contributed by atoms with Crippen molar-refractivity contribution in [3.63, 3.8) is 0 Å². The fourth-order valence-electron chi connectivity index (χ4n) is 2.26. The van der Waals surface area contributed by atoms with E-state index in [0.29, 0.717) is 11.5 Å². The van der Waals surface area contributed by atoms with E-state index >= 15 is 0 Å². The maximum atomic E-state index is 11.1. The minimum Gasteiger partial charge on any atom is -0.366 e. The maximum absolute atomic E-state index is 11.1. The van der Waals surface area contributed by atoms with Crippen molar-refractivity contribution < 1.29 is 4.79 Å². The third-order valence-corrected chi connectivity index (χ3v) is 3.30. The molecule has 96 valence electrons. The van der Waals surface area contributed by atoms with Gasteiger partial charge in [-0.1, -0.05) is 20.3 Å². The van der Waals surface area contributed by atoms with E-state index in [2.05, 4.69) is 18.8 Å². The molecule has 0 radical (unpaired) electrons. The second-order valence-electron chi connectivity index (χ2n) is 4.61. The molecule has 2 heterocycles. The summed E-state index contributed by atoms with van der Waals surface area (Å²) in [6.45, 7) is 4.36. The maximum Gasteiger partial charge on any atom is 0.250 e. The van der Waals surface area contributed by atoms with E-state index in [1.54, 1.807) is 12.3 Å². The standard InChI is InChI=1S/C14H19N3O/c1-3-5-10(4-2)12-9-17-8-11(14(15)18)6-7-13(17)16-12/h6-10H,3-5H2,1-2H3,(H2,15,18). The van der Waals surface area contributed by atoms with Crippen LogP contribution >= 0.6 is 0 Å². The molecule has 0 aromatic carbocycles. The Morgan fingerprint density at radius 1 is 1.39 bits per heavy atom. The molecule has 1 atom stereocenters. The number of hydrogen-bond donors (Lipinski definition) is 1. The molecule has 4 nitrogen and oxygen atoms in total. The van der Waals surface area contributed by atoms with Gasteiger partial charge in [0, 0.05) is 18.3 Å². The Bertz CT molecular complexity index is 559. The Balaban J connectivity index is 2.40.